The number of hydrogen-bond donors (Lipinski definition) is 2. The number of nitrogens with zero attached hydrogens (tertiary/aromatic N) is 3. The van der Waals surface area contributed by atoms with Gasteiger partial charge in [0.25, 0.3) is 5.91 Å². The molecule has 9 nitrogen and oxygen atoms in total. The van der Waals surface area contributed by atoms with E-state index in [0.29, 0.717) is 17.3 Å². The topological polar surface area (TPSA) is 121 Å². The monoisotopic (exact) mass is 528 g/mol. The van der Waals surface area contributed by atoms with Gasteiger partial charge in [-0.25, -0.2) is 9.80 Å². The van der Waals surface area contributed by atoms with Gasteiger partial charge >= 0.3 is 5.97 Å². The SMILES string of the molecule is COc1ccc(C2=NN(C3=NC(=O)[C@H](CC(=O)Nc4ccc(C(=O)O)cc4)S3)[C@H](c3ccccc3)C2)cc1. The van der Waals surface area contributed by atoms with Crippen LogP contribution >= 0.6 is 11.8 Å². The first-order chi connectivity index (χ1) is 18.4. The highest BCUT2D eigenvalue weighted by atomic mass is 32.2. The van der Waals surface area contributed by atoms with Crippen LogP contribution in [0.15, 0.2) is 89.0 Å². The van der Waals surface area contributed by atoms with E-state index in [-0.39, 0.29) is 29.8 Å². The van der Waals surface area contributed by atoms with Crippen molar-refractivity contribution in [1.29, 1.82) is 0 Å². The van der Waals surface area contributed by atoms with Crippen LogP contribution in [0.2, 0.25) is 0 Å². The van der Waals surface area contributed by atoms with E-state index in [1.807, 2.05) is 54.6 Å². The molecule has 0 aliphatic carbocycles. The maximum atomic E-state index is 12.8. The van der Waals surface area contributed by atoms with Crippen LogP contribution in [0.1, 0.15) is 40.4 Å². The number of carboxylic acid groups (broad SMARTS) is 1. The Hall–Kier alpha value is -4.44. The van der Waals surface area contributed by atoms with Crippen molar-refractivity contribution in [2.75, 3.05) is 12.4 Å². The summed E-state index contributed by atoms with van der Waals surface area (Å²) in [6, 6.07) is 23.3. The third kappa shape index (κ3) is 5.45. The maximum Gasteiger partial charge on any atom is 0.335 e. The van der Waals surface area contributed by atoms with Crippen LogP contribution in [-0.4, -0.2) is 51.1 Å². The molecule has 192 valence electrons. The smallest absolute Gasteiger partial charge is 0.335 e. The fraction of sp³-hybridized carbons (Fsp3) is 0.179. The third-order valence-corrected chi connectivity index (χ3v) is 7.37. The second-order valence-corrected chi connectivity index (χ2v) is 9.89. The molecule has 0 saturated carbocycles. The summed E-state index contributed by atoms with van der Waals surface area (Å²) in [5, 5.41) is 18.1. The van der Waals surface area contributed by atoms with E-state index >= 15 is 0 Å². The number of aliphatic imine (C=N–C) groups is 1. The van der Waals surface area contributed by atoms with Crippen LogP contribution in [0.25, 0.3) is 0 Å². The van der Waals surface area contributed by atoms with Crippen LogP contribution in [0.3, 0.4) is 0 Å². The summed E-state index contributed by atoms with van der Waals surface area (Å²) in [4.78, 5) is 40.7. The lowest BCUT2D eigenvalue weighted by Gasteiger charge is -2.23. The zero-order valence-electron chi connectivity index (χ0n) is 20.4. The number of carbonyl (C=O) groups is 3. The van der Waals surface area contributed by atoms with Crippen LogP contribution < -0.4 is 10.1 Å². The number of amides is 2. The molecule has 2 atom stereocenters. The summed E-state index contributed by atoms with van der Waals surface area (Å²) in [7, 11) is 1.62. The zero-order chi connectivity index (χ0) is 26.6. The average Bonchev–Trinajstić information content (AvgIpc) is 3.53. The fourth-order valence-corrected chi connectivity index (χ4v) is 5.32. The van der Waals surface area contributed by atoms with Crippen molar-refractivity contribution < 1.29 is 24.2 Å². The highest BCUT2D eigenvalue weighted by Gasteiger charge is 2.39. The minimum absolute atomic E-state index is 0.0733. The molecule has 38 heavy (non-hydrogen) atoms. The van der Waals surface area contributed by atoms with Crippen molar-refractivity contribution in [3.05, 3.63) is 95.6 Å². The van der Waals surface area contributed by atoms with E-state index < -0.39 is 11.2 Å². The molecule has 2 N–H and O–H groups in total. The molecule has 5 rings (SSSR count). The Morgan fingerprint density at radius 3 is 2.42 bits per heavy atom. The van der Waals surface area contributed by atoms with E-state index in [0.717, 1.165) is 22.6 Å². The van der Waals surface area contributed by atoms with Gasteiger partial charge in [-0.1, -0.05) is 42.1 Å². The quantitative estimate of drug-likeness (QED) is 0.461. The predicted molar refractivity (Wildman–Crippen MR) is 146 cm³/mol. The van der Waals surface area contributed by atoms with Crippen LogP contribution in [-0.2, 0) is 9.59 Å². The van der Waals surface area contributed by atoms with Gasteiger partial charge in [-0.15, -0.1) is 0 Å². The molecular weight excluding hydrogens is 504 g/mol. The molecule has 0 saturated heterocycles. The first-order valence-corrected chi connectivity index (χ1v) is 12.8. The molecule has 0 bridgehead atoms. The number of hydrogen-bond acceptors (Lipinski definition) is 7. The van der Waals surface area contributed by atoms with E-state index in [1.54, 1.807) is 12.1 Å². The van der Waals surface area contributed by atoms with E-state index in [2.05, 4.69) is 10.3 Å². The molecule has 0 spiro atoms. The highest BCUT2D eigenvalue weighted by molar-refractivity contribution is 8.15. The van der Waals surface area contributed by atoms with Crippen molar-refractivity contribution in [1.82, 2.24) is 5.01 Å². The molecule has 2 aliphatic rings. The number of rotatable bonds is 7. The number of carboxylic acids is 1. The predicted octanol–water partition coefficient (Wildman–Crippen LogP) is 4.57. The van der Waals surface area contributed by atoms with Crippen molar-refractivity contribution in [3.8, 4) is 5.75 Å². The molecule has 0 unspecified atom stereocenters. The van der Waals surface area contributed by atoms with Crippen molar-refractivity contribution in [2.24, 2.45) is 10.1 Å². The molecule has 0 radical (unpaired) electrons. The second-order valence-electron chi connectivity index (χ2n) is 8.72. The largest absolute Gasteiger partial charge is 0.497 e. The lowest BCUT2D eigenvalue weighted by atomic mass is 9.98. The Labute approximate surface area is 223 Å². The van der Waals surface area contributed by atoms with Gasteiger partial charge in [0, 0.05) is 18.5 Å². The number of aromatic carboxylic acids is 1. The molecule has 3 aromatic rings. The third-order valence-electron chi connectivity index (χ3n) is 6.23. The highest BCUT2D eigenvalue weighted by Crippen LogP contribution is 2.38. The number of benzene rings is 3. The first-order valence-electron chi connectivity index (χ1n) is 11.9. The number of amidine groups is 1. The number of nitrogens with one attached hydrogen (secondary N) is 1. The first kappa shape index (κ1) is 25.2. The van der Waals surface area contributed by atoms with E-state index in [9.17, 15) is 14.4 Å². The van der Waals surface area contributed by atoms with Gasteiger partial charge in [0.1, 0.15) is 11.0 Å². The Morgan fingerprint density at radius 1 is 1.05 bits per heavy atom. The fourth-order valence-electron chi connectivity index (χ4n) is 4.26. The summed E-state index contributed by atoms with van der Waals surface area (Å²) >= 11 is 1.22. The Kier molecular flexibility index (Phi) is 7.23. The molecule has 0 fully saturated rings. The number of methoxy groups -OCH3 is 1. The molecule has 3 aromatic carbocycles. The minimum atomic E-state index is -1.05. The van der Waals surface area contributed by atoms with Crippen molar-refractivity contribution in [2.45, 2.75) is 24.1 Å². The lowest BCUT2D eigenvalue weighted by Crippen LogP contribution is -2.25. The Balaban J connectivity index is 1.31. The Morgan fingerprint density at radius 2 is 1.76 bits per heavy atom. The summed E-state index contributed by atoms with van der Waals surface area (Å²) in [6.07, 6.45) is 0.553. The normalized spacial score (nSPS) is 18.7. The van der Waals surface area contributed by atoms with Gasteiger partial charge < -0.3 is 15.2 Å². The maximum absolute atomic E-state index is 12.8. The number of hydrazone groups is 1. The van der Waals surface area contributed by atoms with E-state index in [1.165, 1.54) is 36.0 Å². The van der Waals surface area contributed by atoms with Crippen LogP contribution in [0, 0.1) is 0 Å². The van der Waals surface area contributed by atoms with Crippen LogP contribution in [0.4, 0.5) is 5.69 Å². The molecule has 2 heterocycles. The Bertz CT molecular complexity index is 1420. The van der Waals surface area contributed by atoms with Crippen LogP contribution in [0.5, 0.6) is 5.75 Å². The van der Waals surface area contributed by atoms with Gasteiger partial charge in [0.05, 0.1) is 24.4 Å². The average molecular weight is 529 g/mol. The van der Waals surface area contributed by atoms with Gasteiger partial charge in [0.15, 0.2) is 5.17 Å². The number of carbonyl (C=O) groups excluding carboxylic acids is 2. The standard InChI is InChI=1S/C28H24N4O5S/c1-37-21-13-9-17(10-14-21)22-15-23(18-5-3-2-4-6-18)32(31-22)28-30-26(34)24(38-28)16-25(33)29-20-11-7-19(8-12-20)27(35)36/h2-14,23-24H,15-16H2,1H3,(H,29,33)(H,35,36)/t23-,24-/m0/s1. The van der Waals surface area contributed by atoms with Gasteiger partial charge in [-0.2, -0.15) is 10.1 Å². The van der Waals surface area contributed by atoms with Crippen molar-refractivity contribution >= 4 is 46.1 Å². The molecule has 2 aliphatic heterocycles. The second kappa shape index (κ2) is 10.9. The van der Waals surface area contributed by atoms with Crippen molar-refractivity contribution in [3.63, 3.8) is 0 Å². The molecule has 2 amide bonds. The molecular formula is C28H24N4O5S. The zero-order valence-corrected chi connectivity index (χ0v) is 21.2. The minimum Gasteiger partial charge on any atom is -0.497 e. The molecule has 0 aromatic heterocycles. The number of thioether (sulfide) groups is 1. The summed E-state index contributed by atoms with van der Waals surface area (Å²) in [5.41, 5.74) is 3.43. The van der Waals surface area contributed by atoms with Gasteiger partial charge in [0.2, 0.25) is 5.91 Å². The number of anilines is 1. The lowest BCUT2D eigenvalue weighted by molar-refractivity contribution is -0.121. The van der Waals surface area contributed by atoms with Gasteiger partial charge in [-0.05, 0) is 59.7 Å². The molecule has 10 heteroatoms. The van der Waals surface area contributed by atoms with E-state index in [4.69, 9.17) is 14.9 Å². The summed E-state index contributed by atoms with van der Waals surface area (Å²) in [5.74, 6) is -1.04. The summed E-state index contributed by atoms with van der Waals surface area (Å²) in [6.45, 7) is 0. The summed E-state index contributed by atoms with van der Waals surface area (Å²) < 4.78 is 5.27. The van der Waals surface area contributed by atoms with Gasteiger partial charge in [-0.3, -0.25) is 9.59 Å². The number of ether oxygens (including phenoxy) is 1.